The molecular formula is C14H17NO4S. The van der Waals surface area contributed by atoms with E-state index in [9.17, 15) is 9.59 Å². The van der Waals surface area contributed by atoms with Crippen molar-refractivity contribution in [2.24, 2.45) is 0 Å². The van der Waals surface area contributed by atoms with Crippen molar-refractivity contribution in [1.82, 2.24) is 5.32 Å². The molecule has 1 saturated heterocycles. The first-order chi connectivity index (χ1) is 9.65. The molecule has 1 amide bonds. The summed E-state index contributed by atoms with van der Waals surface area (Å²) in [5.41, 5.74) is 0.829. The van der Waals surface area contributed by atoms with Crippen LogP contribution in [0.3, 0.4) is 0 Å². The molecule has 20 heavy (non-hydrogen) atoms. The van der Waals surface area contributed by atoms with E-state index < -0.39 is 5.97 Å². The number of carboxylic acids is 1. The number of ether oxygens (including phenoxy) is 1. The van der Waals surface area contributed by atoms with Gasteiger partial charge in [-0.3, -0.25) is 4.79 Å². The molecule has 1 aliphatic rings. The van der Waals surface area contributed by atoms with Crippen LogP contribution in [-0.4, -0.2) is 29.7 Å². The third kappa shape index (κ3) is 4.47. The number of carbonyl (C=O) groups is 2. The molecule has 108 valence electrons. The molecule has 1 atom stereocenters. The van der Waals surface area contributed by atoms with Crippen molar-refractivity contribution in [3.8, 4) is 0 Å². The fourth-order valence-corrected chi connectivity index (χ4v) is 2.87. The number of hydrogen-bond donors (Lipinski definition) is 2. The van der Waals surface area contributed by atoms with Crippen LogP contribution in [0.15, 0.2) is 17.5 Å². The predicted molar refractivity (Wildman–Crippen MR) is 76.4 cm³/mol. The summed E-state index contributed by atoms with van der Waals surface area (Å²) in [6.07, 6.45) is 5.04. The standard InChI is InChI=1S/C14H17NO4S/c16-13(8-11-2-1-6-19-11)15-9-12-10(5-7-20-12)3-4-14(17)18/h3-5,7,11H,1-2,6,8-9H2,(H,15,16)(H,17,18)/b4-3+. The molecular weight excluding hydrogens is 278 g/mol. The Hall–Kier alpha value is -1.66. The lowest BCUT2D eigenvalue weighted by molar-refractivity contribution is -0.131. The number of thiophene rings is 1. The van der Waals surface area contributed by atoms with Crippen molar-refractivity contribution in [2.45, 2.75) is 31.9 Å². The Morgan fingerprint density at radius 3 is 3.10 bits per heavy atom. The topological polar surface area (TPSA) is 75.6 Å². The van der Waals surface area contributed by atoms with Crippen LogP contribution in [0, 0.1) is 0 Å². The SMILES string of the molecule is O=C(O)/C=C/c1ccsc1CNC(=O)CC1CCCO1. The second-order valence-electron chi connectivity index (χ2n) is 4.59. The highest BCUT2D eigenvalue weighted by molar-refractivity contribution is 7.10. The van der Waals surface area contributed by atoms with Crippen LogP contribution in [0.4, 0.5) is 0 Å². The van der Waals surface area contributed by atoms with Gasteiger partial charge in [0.15, 0.2) is 0 Å². The lowest BCUT2D eigenvalue weighted by Crippen LogP contribution is -2.26. The van der Waals surface area contributed by atoms with Crippen LogP contribution in [-0.2, 0) is 20.9 Å². The number of carboxylic acid groups (broad SMARTS) is 1. The van der Waals surface area contributed by atoms with Crippen molar-refractivity contribution in [3.05, 3.63) is 28.0 Å². The number of carbonyl (C=O) groups excluding carboxylic acids is 1. The zero-order chi connectivity index (χ0) is 14.4. The molecule has 2 rings (SSSR count). The minimum atomic E-state index is -0.982. The van der Waals surface area contributed by atoms with E-state index in [4.69, 9.17) is 9.84 Å². The maximum absolute atomic E-state index is 11.8. The van der Waals surface area contributed by atoms with Crippen molar-refractivity contribution >= 4 is 29.3 Å². The summed E-state index contributed by atoms with van der Waals surface area (Å²) in [6, 6.07) is 1.84. The van der Waals surface area contributed by atoms with Crippen LogP contribution < -0.4 is 5.32 Å². The highest BCUT2D eigenvalue weighted by Gasteiger charge is 2.18. The summed E-state index contributed by atoms with van der Waals surface area (Å²) >= 11 is 1.50. The average Bonchev–Trinajstić information content (AvgIpc) is 3.04. The van der Waals surface area contributed by atoms with Gasteiger partial charge in [0.25, 0.3) is 0 Å². The summed E-state index contributed by atoms with van der Waals surface area (Å²) in [6.45, 7) is 1.16. The Balaban J connectivity index is 1.82. The molecule has 2 heterocycles. The summed E-state index contributed by atoms with van der Waals surface area (Å²) in [5.74, 6) is -1.01. The predicted octanol–water partition coefficient (Wildman–Crippen LogP) is 2.03. The number of rotatable bonds is 6. The maximum atomic E-state index is 11.8. The van der Waals surface area contributed by atoms with Gasteiger partial charge >= 0.3 is 5.97 Å². The number of hydrogen-bond acceptors (Lipinski definition) is 4. The zero-order valence-electron chi connectivity index (χ0n) is 11.0. The Labute approximate surface area is 121 Å². The Morgan fingerprint density at radius 2 is 2.40 bits per heavy atom. The van der Waals surface area contributed by atoms with E-state index in [2.05, 4.69) is 5.32 Å². The zero-order valence-corrected chi connectivity index (χ0v) is 11.8. The van der Waals surface area contributed by atoms with Crippen molar-refractivity contribution in [2.75, 3.05) is 6.61 Å². The molecule has 2 N–H and O–H groups in total. The molecule has 5 nitrogen and oxygen atoms in total. The minimum absolute atomic E-state index is 0.0292. The largest absolute Gasteiger partial charge is 0.478 e. The van der Waals surface area contributed by atoms with Gasteiger partial charge in [-0.1, -0.05) is 0 Å². The van der Waals surface area contributed by atoms with Crippen molar-refractivity contribution in [3.63, 3.8) is 0 Å². The average molecular weight is 295 g/mol. The van der Waals surface area contributed by atoms with Crippen LogP contribution >= 0.6 is 11.3 Å². The summed E-state index contributed by atoms with van der Waals surface area (Å²) in [4.78, 5) is 23.2. The van der Waals surface area contributed by atoms with Crippen molar-refractivity contribution < 1.29 is 19.4 Å². The molecule has 1 fully saturated rings. The highest BCUT2D eigenvalue weighted by Crippen LogP contribution is 2.19. The van der Waals surface area contributed by atoms with E-state index in [0.717, 1.165) is 36.0 Å². The molecule has 0 radical (unpaired) electrons. The van der Waals surface area contributed by atoms with Gasteiger partial charge in [0.05, 0.1) is 19.1 Å². The van der Waals surface area contributed by atoms with Gasteiger partial charge in [-0.2, -0.15) is 0 Å². The van der Waals surface area contributed by atoms with Crippen LogP contribution in [0.25, 0.3) is 6.08 Å². The Kier molecular flexibility index (Phi) is 5.31. The van der Waals surface area contributed by atoms with Crippen LogP contribution in [0.1, 0.15) is 29.7 Å². The molecule has 1 unspecified atom stereocenters. The van der Waals surface area contributed by atoms with Crippen LogP contribution in [0.2, 0.25) is 0 Å². The second kappa shape index (κ2) is 7.21. The molecule has 1 aromatic rings. The Bertz CT molecular complexity index is 503. The van der Waals surface area contributed by atoms with Gasteiger partial charge in [-0.25, -0.2) is 4.79 Å². The third-order valence-corrected chi connectivity index (χ3v) is 4.01. The molecule has 6 heteroatoms. The van der Waals surface area contributed by atoms with Gasteiger partial charge in [-0.15, -0.1) is 11.3 Å². The number of nitrogens with one attached hydrogen (secondary N) is 1. The second-order valence-corrected chi connectivity index (χ2v) is 5.59. The number of amides is 1. The first-order valence-corrected chi connectivity index (χ1v) is 7.39. The fraction of sp³-hybridized carbons (Fsp3) is 0.429. The Morgan fingerprint density at radius 1 is 1.55 bits per heavy atom. The molecule has 0 bridgehead atoms. The molecule has 1 aliphatic heterocycles. The van der Waals surface area contributed by atoms with E-state index in [-0.39, 0.29) is 12.0 Å². The molecule has 0 spiro atoms. The summed E-state index contributed by atoms with van der Waals surface area (Å²) < 4.78 is 5.41. The summed E-state index contributed by atoms with van der Waals surface area (Å²) in [5, 5.41) is 13.3. The highest BCUT2D eigenvalue weighted by atomic mass is 32.1. The van der Waals surface area contributed by atoms with E-state index in [1.807, 2.05) is 11.4 Å². The molecule has 0 aliphatic carbocycles. The van der Waals surface area contributed by atoms with E-state index in [1.54, 1.807) is 6.08 Å². The quantitative estimate of drug-likeness (QED) is 0.787. The normalized spacial score (nSPS) is 18.5. The van der Waals surface area contributed by atoms with Gasteiger partial charge in [0.1, 0.15) is 0 Å². The van der Waals surface area contributed by atoms with Crippen molar-refractivity contribution in [1.29, 1.82) is 0 Å². The smallest absolute Gasteiger partial charge is 0.328 e. The monoisotopic (exact) mass is 295 g/mol. The fourth-order valence-electron chi connectivity index (χ4n) is 2.07. The summed E-state index contributed by atoms with van der Waals surface area (Å²) in [7, 11) is 0. The van der Waals surface area contributed by atoms with Gasteiger partial charge in [-0.05, 0) is 35.9 Å². The van der Waals surface area contributed by atoms with Crippen LogP contribution in [0.5, 0.6) is 0 Å². The van der Waals surface area contributed by atoms with Gasteiger partial charge in [0.2, 0.25) is 5.91 Å². The molecule has 1 aromatic heterocycles. The minimum Gasteiger partial charge on any atom is -0.478 e. The maximum Gasteiger partial charge on any atom is 0.328 e. The van der Waals surface area contributed by atoms with E-state index in [1.165, 1.54) is 11.3 Å². The third-order valence-electron chi connectivity index (χ3n) is 3.07. The number of aliphatic carboxylic acids is 1. The first-order valence-electron chi connectivity index (χ1n) is 6.51. The molecule has 0 aromatic carbocycles. The van der Waals surface area contributed by atoms with E-state index in [0.29, 0.717) is 13.0 Å². The van der Waals surface area contributed by atoms with Gasteiger partial charge < -0.3 is 15.2 Å². The lowest BCUT2D eigenvalue weighted by Gasteiger charge is -2.09. The lowest BCUT2D eigenvalue weighted by atomic mass is 10.2. The van der Waals surface area contributed by atoms with E-state index >= 15 is 0 Å². The first kappa shape index (κ1) is 14.7. The molecule has 0 saturated carbocycles. The van der Waals surface area contributed by atoms with Gasteiger partial charge in [0, 0.05) is 17.6 Å².